The summed E-state index contributed by atoms with van der Waals surface area (Å²) in [5.74, 6) is -0.616. The number of nitrogens with zero attached hydrogens (tertiary/aromatic N) is 2. The summed E-state index contributed by atoms with van der Waals surface area (Å²) in [5.41, 5.74) is -2.59. The molecule has 0 bridgehead atoms. The molecule has 5 aromatic rings. The number of aliphatic hydroxyl groups excluding tert-OH is 1. The molecule has 0 spiro atoms. The number of carbonyl (C=O) groups is 1. The normalized spacial score (nSPS) is 14.3. The number of aromatic nitrogens is 2. The molecule has 0 aliphatic heterocycles. The molecule has 1 radical (unpaired) electrons. The van der Waals surface area contributed by atoms with E-state index in [0.29, 0.717) is 0 Å². The fourth-order valence-electron chi connectivity index (χ4n) is 4.82. The maximum atomic E-state index is 15.8. The Morgan fingerprint density at radius 1 is 1.00 bits per heavy atom. The van der Waals surface area contributed by atoms with Gasteiger partial charge in [0.05, 0.1) is 5.76 Å². The van der Waals surface area contributed by atoms with Gasteiger partial charge in [-0.1, -0.05) is 27.7 Å². The minimum absolute atomic E-state index is 0. The molecule has 5 rings (SSSR count). The van der Waals surface area contributed by atoms with Crippen molar-refractivity contribution >= 4 is 56.7 Å². The number of carbonyl (C=O) groups excluding carboxylic acids is 1. The molecule has 235 valence electrons. The summed E-state index contributed by atoms with van der Waals surface area (Å²) >= 11 is -1.71. The van der Waals surface area contributed by atoms with Crippen LogP contribution in [-0.2, 0) is 31.1 Å². The quantitative estimate of drug-likeness (QED) is 0.0421. The summed E-state index contributed by atoms with van der Waals surface area (Å²) in [5, 5.41) is 7.92. The van der Waals surface area contributed by atoms with Crippen molar-refractivity contribution in [2.45, 2.75) is 59.6 Å². The van der Waals surface area contributed by atoms with E-state index in [9.17, 15) is 23.1 Å². The Bertz CT molecular complexity index is 2110. The zero-order chi connectivity index (χ0) is 37.4. The second kappa shape index (κ2) is 15.6. The van der Waals surface area contributed by atoms with Gasteiger partial charge in [0.2, 0.25) is 0 Å². The van der Waals surface area contributed by atoms with Gasteiger partial charge < -0.3 is 5.11 Å². The second-order valence-corrected chi connectivity index (χ2v) is 12.7. The van der Waals surface area contributed by atoms with Crippen molar-refractivity contribution in [3.63, 3.8) is 0 Å². The predicted molar refractivity (Wildman–Crippen MR) is 165 cm³/mol. The van der Waals surface area contributed by atoms with Gasteiger partial charge in [0, 0.05) is 38.0 Å². The first-order valence-electron chi connectivity index (χ1n) is 17.3. The van der Waals surface area contributed by atoms with E-state index in [0.717, 1.165) is 37.8 Å². The first-order chi connectivity index (χ1) is 23.4. The third kappa shape index (κ3) is 7.59. The van der Waals surface area contributed by atoms with Gasteiger partial charge in [0.25, 0.3) is 0 Å². The van der Waals surface area contributed by atoms with E-state index >= 15 is 4.39 Å². The molecule has 0 aliphatic carbocycles. The smallest absolute Gasteiger partial charge is 0 e. The monoisotopic (exact) mass is 907 g/mol. The summed E-state index contributed by atoms with van der Waals surface area (Å²) in [6.45, 7) is 8.07. The summed E-state index contributed by atoms with van der Waals surface area (Å²) in [4.78, 5) is 19.2. The van der Waals surface area contributed by atoms with Crippen molar-refractivity contribution in [1.82, 2.24) is 9.97 Å². The minimum atomic E-state index is -5.05. The fraction of sp³-hybridized carbons (Fsp3) is 0.324. The number of allylic oxidation sites excluding steroid dienone is 2. The molecule has 0 atom stereocenters. The summed E-state index contributed by atoms with van der Waals surface area (Å²) in [7, 11) is 0. The van der Waals surface area contributed by atoms with Crippen molar-refractivity contribution in [1.29, 1.82) is 0 Å². The summed E-state index contributed by atoms with van der Waals surface area (Å²) in [6.07, 6.45) is -0.963. The molecule has 10 heteroatoms. The third-order valence-electron chi connectivity index (χ3n) is 7.24. The van der Waals surface area contributed by atoms with Gasteiger partial charge in [0.15, 0.2) is 5.78 Å². The summed E-state index contributed by atoms with van der Waals surface area (Å²) < 4.78 is 114. The van der Waals surface area contributed by atoms with E-state index in [1.807, 2.05) is 27.7 Å². The Kier molecular flexibility index (Phi) is 9.41. The van der Waals surface area contributed by atoms with Crippen LogP contribution in [0, 0.1) is 23.7 Å². The van der Waals surface area contributed by atoms with Crippen LogP contribution in [0.2, 0.25) is 0 Å². The minimum Gasteiger partial charge on any atom is 0 e. The van der Waals surface area contributed by atoms with Gasteiger partial charge in [-0.2, -0.15) is 0 Å². The first-order valence-corrected chi connectivity index (χ1v) is 16.1. The molecule has 1 N–H and O–H groups in total. The molecule has 0 saturated heterocycles. The SMILES string of the molecule is CCC(CC)C(=O)/C=C(\O)C(CC)CC.[2H]c1nc(-c2[c-]c3c([2H])c([2H])c([2H])c([2H])c3[te]2)c2c(F)c3cc([2H])c([2H])cc3c(C(F)(F)F)c2n1.[Ir]. The number of rotatable bonds is 8. The fourth-order valence-corrected chi connectivity index (χ4v) is 7.41. The van der Waals surface area contributed by atoms with E-state index in [1.54, 1.807) is 0 Å². The van der Waals surface area contributed by atoms with Gasteiger partial charge in [-0.15, -0.1) is 0 Å². The van der Waals surface area contributed by atoms with Crippen molar-refractivity contribution in [2.75, 3.05) is 0 Å². The zero-order valence-electron chi connectivity index (χ0n) is 31.2. The van der Waals surface area contributed by atoms with Gasteiger partial charge in [0.1, 0.15) is 0 Å². The van der Waals surface area contributed by atoms with Crippen LogP contribution in [0.1, 0.15) is 68.5 Å². The van der Waals surface area contributed by atoms with Crippen LogP contribution in [0.5, 0.6) is 0 Å². The summed E-state index contributed by atoms with van der Waals surface area (Å²) in [6, 6.07) is 1.65. The standard InChI is InChI=1S/C21H9F4N2Te.C13H24O2.Ir/c22-18-13-7-3-2-6-12(13)17(21(23,24)25)20-16(18)19(26-10-27-20)15-9-11-5-1-4-8-14(11)28-15;1-5-10(6-2)12(14)9-13(15)11(7-3)8-4;/h1-8,10H;9-11,14H,5-8H2,1-4H3;/q-1;;/b;12-9-;/i1D,2D,3D,4D,5D,8D,10D;;. The molecule has 4 nitrogen and oxygen atoms in total. The largest absolute Gasteiger partial charge is 0 e. The predicted octanol–water partition coefficient (Wildman–Crippen LogP) is 9.49. The van der Waals surface area contributed by atoms with Gasteiger partial charge in [-0.3, -0.25) is 4.79 Å². The Hall–Kier alpha value is -2.63. The number of hydrogen-bond donors (Lipinski definition) is 1. The van der Waals surface area contributed by atoms with Crippen LogP contribution in [0.4, 0.5) is 17.6 Å². The number of benzene rings is 3. The average molecular weight is 905 g/mol. The van der Waals surface area contributed by atoms with E-state index in [2.05, 4.69) is 16.0 Å². The Morgan fingerprint density at radius 2 is 1.61 bits per heavy atom. The molecule has 0 saturated carbocycles. The van der Waals surface area contributed by atoms with E-state index < -0.39 is 90.1 Å². The maximum Gasteiger partial charge on any atom is 0 e. The van der Waals surface area contributed by atoms with Crippen LogP contribution in [0.15, 0.2) is 66.5 Å². The molecule has 3 aromatic carbocycles. The molecular formula is C34H33F4IrN2O2Te-. The molecule has 0 aliphatic rings. The maximum absolute atomic E-state index is 15.8. The van der Waals surface area contributed by atoms with Crippen molar-refractivity contribution < 1.29 is 57.2 Å². The topological polar surface area (TPSA) is 63.1 Å². The Morgan fingerprint density at radius 3 is 2.23 bits per heavy atom. The molecule has 0 fully saturated rings. The van der Waals surface area contributed by atoms with Crippen LogP contribution in [-0.4, -0.2) is 41.3 Å². The van der Waals surface area contributed by atoms with Crippen molar-refractivity contribution in [3.05, 3.63) is 84.0 Å². The van der Waals surface area contributed by atoms with Crippen molar-refractivity contribution in [2.24, 2.45) is 11.8 Å². The van der Waals surface area contributed by atoms with E-state index in [4.69, 9.17) is 9.60 Å². The van der Waals surface area contributed by atoms with Crippen LogP contribution < -0.4 is 0 Å². The number of halogens is 4. The zero-order valence-corrected chi connectivity index (χ0v) is 28.9. The average Bonchev–Trinajstić information content (AvgIpc) is 3.50. The molecular weight excluding hydrogens is 864 g/mol. The first kappa shape index (κ1) is 26.6. The number of aliphatic hydroxyl groups is 1. The van der Waals surface area contributed by atoms with Crippen molar-refractivity contribution in [3.8, 4) is 9.27 Å². The molecule has 0 unspecified atom stereocenters. The van der Waals surface area contributed by atoms with Gasteiger partial charge >= 0.3 is 176 Å². The van der Waals surface area contributed by atoms with Crippen LogP contribution in [0.3, 0.4) is 0 Å². The van der Waals surface area contributed by atoms with Gasteiger partial charge in [-0.25, -0.2) is 0 Å². The van der Waals surface area contributed by atoms with E-state index in [-0.39, 0.29) is 73.6 Å². The number of fused-ring (bicyclic) bond motifs is 3. The number of ketones is 1. The van der Waals surface area contributed by atoms with Crippen LogP contribution >= 0.6 is 0 Å². The number of alkyl halides is 3. The molecule has 2 heterocycles. The Labute approximate surface area is 287 Å². The van der Waals surface area contributed by atoms with Crippen LogP contribution in [0.25, 0.3) is 39.7 Å². The molecule has 44 heavy (non-hydrogen) atoms. The molecule has 2 aromatic heterocycles. The Balaban J connectivity index is 0.000000374. The third-order valence-corrected chi connectivity index (χ3v) is 10.1. The van der Waals surface area contributed by atoms with Gasteiger partial charge in [-0.05, 0) is 25.7 Å². The second-order valence-electron chi connectivity index (χ2n) is 9.75. The molecule has 0 amide bonds. The van der Waals surface area contributed by atoms with E-state index in [1.165, 1.54) is 6.08 Å². The number of hydrogen-bond acceptors (Lipinski definition) is 4.